The van der Waals surface area contributed by atoms with Gasteiger partial charge in [0, 0.05) is 13.0 Å². The Labute approximate surface area is 126 Å². The van der Waals surface area contributed by atoms with Crippen LogP contribution in [0.2, 0.25) is 0 Å². The normalized spacial score (nSPS) is 11.8. The summed E-state index contributed by atoms with van der Waals surface area (Å²) in [5.41, 5.74) is 0.981. The van der Waals surface area contributed by atoms with Gasteiger partial charge < -0.3 is 9.30 Å². The number of para-hydroxylation sites is 1. The van der Waals surface area contributed by atoms with E-state index in [0.29, 0.717) is 17.8 Å². The Bertz CT molecular complexity index is 715. The molecule has 0 N–H and O–H groups in total. The first-order valence-corrected chi connectivity index (χ1v) is 7.70. The lowest BCUT2D eigenvalue weighted by Gasteiger charge is -2.04. The predicted octanol–water partition coefficient (Wildman–Crippen LogP) is 2.49. The van der Waals surface area contributed by atoms with Crippen molar-refractivity contribution in [2.75, 3.05) is 7.11 Å². The summed E-state index contributed by atoms with van der Waals surface area (Å²) in [5.74, 6) is -0.403. The minimum absolute atomic E-state index is 0.129. The number of thiazole rings is 1. The van der Waals surface area contributed by atoms with Crippen molar-refractivity contribution in [1.29, 1.82) is 0 Å². The largest absolute Gasteiger partial charge is 0.469 e. The fourth-order valence-electron chi connectivity index (χ4n) is 2.00. The van der Waals surface area contributed by atoms with Crippen LogP contribution < -0.4 is 4.80 Å². The van der Waals surface area contributed by atoms with E-state index in [2.05, 4.69) is 9.73 Å². The molecule has 0 saturated carbocycles. The summed E-state index contributed by atoms with van der Waals surface area (Å²) in [7, 11) is 1.37. The van der Waals surface area contributed by atoms with Crippen molar-refractivity contribution in [3.05, 3.63) is 29.1 Å². The molecule has 0 radical (unpaired) electrons. The van der Waals surface area contributed by atoms with Crippen molar-refractivity contribution in [1.82, 2.24) is 4.57 Å². The quantitative estimate of drug-likeness (QED) is 0.797. The molecule has 0 unspecified atom stereocenters. The molecule has 1 aromatic carbocycles. The zero-order valence-electron chi connectivity index (χ0n) is 12.2. The summed E-state index contributed by atoms with van der Waals surface area (Å²) < 4.78 is 7.63. The van der Waals surface area contributed by atoms with Crippen LogP contribution in [0.5, 0.6) is 0 Å². The SMILES string of the molecule is CCCC(=O)N=c1sc2ccccc2n1CCC(=O)OC. The number of nitrogens with zero attached hydrogens (tertiary/aromatic N) is 2. The standard InChI is InChI=1S/C15H18N2O3S/c1-3-6-13(18)16-15-17(10-9-14(19)20-2)11-7-4-5-8-12(11)21-15/h4-5,7-8H,3,6,9-10H2,1-2H3. The average molecular weight is 306 g/mol. The van der Waals surface area contributed by atoms with Crippen molar-refractivity contribution >= 4 is 33.4 Å². The number of benzene rings is 1. The molecule has 0 spiro atoms. The van der Waals surface area contributed by atoms with E-state index in [1.54, 1.807) is 0 Å². The highest BCUT2D eigenvalue weighted by Gasteiger charge is 2.09. The second kappa shape index (κ2) is 7.17. The monoisotopic (exact) mass is 306 g/mol. The first-order valence-electron chi connectivity index (χ1n) is 6.88. The van der Waals surface area contributed by atoms with Crippen LogP contribution in [0.15, 0.2) is 29.3 Å². The van der Waals surface area contributed by atoms with Crippen LogP contribution in [-0.2, 0) is 20.9 Å². The van der Waals surface area contributed by atoms with Crippen LogP contribution in [0.4, 0.5) is 0 Å². The van der Waals surface area contributed by atoms with Crippen LogP contribution in [-0.4, -0.2) is 23.6 Å². The number of aromatic nitrogens is 1. The predicted molar refractivity (Wildman–Crippen MR) is 81.9 cm³/mol. The van der Waals surface area contributed by atoms with Gasteiger partial charge >= 0.3 is 5.97 Å². The van der Waals surface area contributed by atoms with Crippen molar-refractivity contribution < 1.29 is 14.3 Å². The zero-order chi connectivity index (χ0) is 15.2. The number of carbonyl (C=O) groups excluding carboxylic acids is 2. The number of methoxy groups -OCH3 is 1. The molecular weight excluding hydrogens is 288 g/mol. The van der Waals surface area contributed by atoms with Gasteiger partial charge in [0.1, 0.15) is 0 Å². The van der Waals surface area contributed by atoms with Crippen molar-refractivity contribution in [2.24, 2.45) is 4.99 Å². The number of hydrogen-bond donors (Lipinski definition) is 0. The fourth-order valence-corrected chi connectivity index (χ4v) is 3.08. The van der Waals surface area contributed by atoms with E-state index < -0.39 is 0 Å². The summed E-state index contributed by atoms with van der Waals surface area (Å²) in [6.07, 6.45) is 1.47. The van der Waals surface area contributed by atoms with E-state index in [9.17, 15) is 9.59 Å². The molecule has 0 saturated heterocycles. The number of esters is 1. The molecule has 112 valence electrons. The fraction of sp³-hybridized carbons (Fsp3) is 0.400. The number of amides is 1. The molecule has 1 heterocycles. The lowest BCUT2D eigenvalue weighted by molar-refractivity contribution is -0.140. The van der Waals surface area contributed by atoms with Gasteiger partial charge in [-0.2, -0.15) is 4.99 Å². The van der Waals surface area contributed by atoms with E-state index in [1.165, 1.54) is 18.4 Å². The lowest BCUT2D eigenvalue weighted by atomic mass is 10.3. The first-order chi connectivity index (χ1) is 10.2. The van der Waals surface area contributed by atoms with Gasteiger partial charge in [0.05, 0.1) is 23.7 Å². The lowest BCUT2D eigenvalue weighted by Crippen LogP contribution is -2.19. The van der Waals surface area contributed by atoms with Gasteiger partial charge in [-0.1, -0.05) is 30.4 Å². The molecule has 0 atom stereocenters. The summed E-state index contributed by atoms with van der Waals surface area (Å²) in [4.78, 5) is 27.9. The third kappa shape index (κ3) is 3.78. The summed E-state index contributed by atoms with van der Waals surface area (Å²) in [6.45, 7) is 2.40. The molecule has 2 aromatic rings. The van der Waals surface area contributed by atoms with Crippen LogP contribution in [0.25, 0.3) is 10.2 Å². The third-order valence-corrected chi connectivity index (χ3v) is 4.10. The summed E-state index contributed by atoms with van der Waals surface area (Å²) in [5, 5.41) is 0. The molecule has 2 rings (SSSR count). The topological polar surface area (TPSA) is 60.7 Å². The molecule has 21 heavy (non-hydrogen) atoms. The number of ether oxygens (including phenoxy) is 1. The van der Waals surface area contributed by atoms with E-state index in [4.69, 9.17) is 0 Å². The number of rotatable bonds is 5. The smallest absolute Gasteiger partial charge is 0.307 e. The van der Waals surface area contributed by atoms with Gasteiger partial charge in [-0.25, -0.2) is 0 Å². The second-order valence-corrected chi connectivity index (χ2v) is 5.59. The summed E-state index contributed by atoms with van der Waals surface area (Å²) in [6, 6.07) is 7.83. The molecular formula is C15H18N2O3S. The molecule has 0 aliphatic carbocycles. The Kier molecular flexibility index (Phi) is 5.27. The van der Waals surface area contributed by atoms with Gasteiger partial charge in [-0.05, 0) is 18.6 Å². The number of carbonyl (C=O) groups is 2. The van der Waals surface area contributed by atoms with Gasteiger partial charge in [0.25, 0.3) is 0 Å². The minimum atomic E-state index is -0.274. The highest BCUT2D eigenvalue weighted by molar-refractivity contribution is 7.16. The van der Waals surface area contributed by atoms with Crippen molar-refractivity contribution in [2.45, 2.75) is 32.7 Å². The number of fused-ring (bicyclic) bond motifs is 1. The number of aryl methyl sites for hydroxylation is 1. The molecule has 0 aliphatic rings. The Hall–Kier alpha value is -1.95. The maximum atomic E-state index is 11.8. The molecule has 1 amide bonds. The maximum absolute atomic E-state index is 11.8. The zero-order valence-corrected chi connectivity index (χ0v) is 13.0. The van der Waals surface area contributed by atoms with Gasteiger partial charge in [0.2, 0.25) is 5.91 Å². The highest BCUT2D eigenvalue weighted by atomic mass is 32.1. The van der Waals surface area contributed by atoms with Gasteiger partial charge in [-0.3, -0.25) is 9.59 Å². The molecule has 1 aromatic heterocycles. The Morgan fingerprint density at radius 1 is 1.29 bits per heavy atom. The first kappa shape index (κ1) is 15.4. The molecule has 5 nitrogen and oxygen atoms in total. The Morgan fingerprint density at radius 2 is 2.05 bits per heavy atom. The minimum Gasteiger partial charge on any atom is -0.469 e. The molecule has 6 heteroatoms. The molecule has 0 fully saturated rings. The molecule has 0 aliphatic heterocycles. The maximum Gasteiger partial charge on any atom is 0.307 e. The van der Waals surface area contributed by atoms with E-state index in [-0.39, 0.29) is 18.3 Å². The average Bonchev–Trinajstić information content (AvgIpc) is 2.82. The highest BCUT2D eigenvalue weighted by Crippen LogP contribution is 2.17. The van der Waals surface area contributed by atoms with Crippen molar-refractivity contribution in [3.8, 4) is 0 Å². The van der Waals surface area contributed by atoms with Crippen LogP contribution in [0.1, 0.15) is 26.2 Å². The van der Waals surface area contributed by atoms with Crippen LogP contribution in [0.3, 0.4) is 0 Å². The number of hydrogen-bond acceptors (Lipinski definition) is 4. The van der Waals surface area contributed by atoms with Crippen molar-refractivity contribution in [3.63, 3.8) is 0 Å². The van der Waals surface area contributed by atoms with Crippen LogP contribution >= 0.6 is 11.3 Å². The van der Waals surface area contributed by atoms with Gasteiger partial charge in [-0.15, -0.1) is 0 Å². The Balaban J connectivity index is 2.43. The third-order valence-electron chi connectivity index (χ3n) is 3.04. The van der Waals surface area contributed by atoms with E-state index in [1.807, 2.05) is 35.8 Å². The van der Waals surface area contributed by atoms with E-state index in [0.717, 1.165) is 16.6 Å². The molecule has 0 bridgehead atoms. The Morgan fingerprint density at radius 3 is 2.76 bits per heavy atom. The second-order valence-electron chi connectivity index (χ2n) is 4.59. The van der Waals surface area contributed by atoms with Crippen LogP contribution in [0, 0.1) is 0 Å². The summed E-state index contributed by atoms with van der Waals surface area (Å²) >= 11 is 1.46. The van der Waals surface area contributed by atoms with E-state index >= 15 is 0 Å². The van der Waals surface area contributed by atoms with Gasteiger partial charge in [0.15, 0.2) is 4.80 Å².